The molecule has 106 valence electrons. The molecule has 1 aromatic carbocycles. The Bertz CT molecular complexity index is 605. The minimum Gasteiger partial charge on any atom is -0.274 e. The van der Waals surface area contributed by atoms with Gasteiger partial charge in [0.15, 0.2) is 0 Å². The summed E-state index contributed by atoms with van der Waals surface area (Å²) >= 11 is 1.40. The molecule has 5 heteroatoms. The van der Waals surface area contributed by atoms with Crippen molar-refractivity contribution in [3.63, 3.8) is 0 Å². The molecule has 20 heavy (non-hydrogen) atoms. The summed E-state index contributed by atoms with van der Waals surface area (Å²) in [6.07, 6.45) is 1.01. The van der Waals surface area contributed by atoms with Crippen LogP contribution in [0.5, 0.6) is 0 Å². The molecule has 0 atom stereocenters. The quantitative estimate of drug-likeness (QED) is 0.811. The molecule has 0 fully saturated rings. The second-order valence-corrected chi connectivity index (χ2v) is 5.47. The summed E-state index contributed by atoms with van der Waals surface area (Å²) in [5.41, 5.74) is 3.06. The van der Waals surface area contributed by atoms with E-state index in [1.807, 2.05) is 19.1 Å². The van der Waals surface area contributed by atoms with Gasteiger partial charge in [0.05, 0.1) is 12.8 Å². The molecule has 0 bridgehead atoms. The number of thiazole rings is 1. The highest BCUT2D eigenvalue weighted by molar-refractivity contribution is 7.17. The molecule has 0 aliphatic carbocycles. The molecule has 0 aliphatic rings. The van der Waals surface area contributed by atoms with E-state index in [1.54, 1.807) is 7.05 Å². The fraction of sp³-hybridized carbons (Fsp3) is 0.333. The van der Waals surface area contributed by atoms with E-state index < -0.39 is 0 Å². The Balaban J connectivity index is 2.32. The normalized spacial score (nSPS) is 10.6. The van der Waals surface area contributed by atoms with Gasteiger partial charge in [0, 0.05) is 12.6 Å². The van der Waals surface area contributed by atoms with E-state index in [-0.39, 0.29) is 5.91 Å². The van der Waals surface area contributed by atoms with Gasteiger partial charge in [-0.25, -0.2) is 10.0 Å². The van der Waals surface area contributed by atoms with Gasteiger partial charge < -0.3 is 0 Å². The third-order valence-electron chi connectivity index (χ3n) is 3.16. The highest BCUT2D eigenvalue weighted by atomic mass is 32.1. The lowest BCUT2D eigenvalue weighted by Crippen LogP contribution is -2.25. The Morgan fingerprint density at radius 2 is 2.00 bits per heavy atom. The van der Waals surface area contributed by atoms with Crippen LogP contribution in [-0.2, 0) is 11.3 Å². The summed E-state index contributed by atoms with van der Waals surface area (Å²) in [5, 5.41) is 2.07. The third kappa shape index (κ3) is 2.89. The molecule has 2 aromatic rings. The van der Waals surface area contributed by atoms with Gasteiger partial charge in [0.2, 0.25) is 0 Å². The zero-order valence-electron chi connectivity index (χ0n) is 12.1. The van der Waals surface area contributed by atoms with Crippen LogP contribution in [0, 0.1) is 6.92 Å². The highest BCUT2D eigenvalue weighted by Crippen LogP contribution is 2.28. The molecule has 0 N–H and O–H groups in total. The average Bonchev–Trinajstić information content (AvgIpc) is 2.87. The van der Waals surface area contributed by atoms with Crippen molar-refractivity contribution in [2.24, 2.45) is 0 Å². The molecule has 1 heterocycles. The first-order valence-corrected chi connectivity index (χ1v) is 7.27. The molecule has 4 nitrogen and oxygen atoms in total. The van der Waals surface area contributed by atoms with E-state index in [0.29, 0.717) is 4.88 Å². The van der Waals surface area contributed by atoms with Gasteiger partial charge in [0.25, 0.3) is 5.91 Å². The maximum atomic E-state index is 12.1. The molecule has 1 amide bonds. The molecular weight excluding hydrogens is 272 g/mol. The smallest absolute Gasteiger partial charge is 0.274 e. The van der Waals surface area contributed by atoms with Crippen molar-refractivity contribution in [2.75, 3.05) is 14.2 Å². The second-order valence-electron chi connectivity index (χ2n) is 4.47. The summed E-state index contributed by atoms with van der Waals surface area (Å²) in [6, 6.07) is 8.28. The number of amides is 1. The Morgan fingerprint density at radius 3 is 2.55 bits per heavy atom. The summed E-state index contributed by atoms with van der Waals surface area (Å²) in [7, 11) is 3.07. The number of aryl methyl sites for hydroxylation is 2. The van der Waals surface area contributed by atoms with Crippen LogP contribution in [0.4, 0.5) is 0 Å². The van der Waals surface area contributed by atoms with Crippen LogP contribution in [-0.4, -0.2) is 30.1 Å². The molecular formula is C15H18N2O2S. The van der Waals surface area contributed by atoms with Crippen molar-refractivity contribution in [3.05, 3.63) is 40.4 Å². The fourth-order valence-corrected chi connectivity index (χ4v) is 2.87. The molecule has 0 saturated heterocycles. The Labute approximate surface area is 123 Å². The van der Waals surface area contributed by atoms with Crippen molar-refractivity contribution in [1.29, 1.82) is 0 Å². The Kier molecular flexibility index (Phi) is 4.52. The highest BCUT2D eigenvalue weighted by Gasteiger charge is 2.19. The largest absolute Gasteiger partial charge is 0.289 e. The predicted octanol–water partition coefficient (Wildman–Crippen LogP) is 3.31. The molecule has 0 saturated carbocycles. The van der Waals surface area contributed by atoms with Crippen molar-refractivity contribution in [3.8, 4) is 10.6 Å². The van der Waals surface area contributed by atoms with Gasteiger partial charge in [-0.2, -0.15) is 0 Å². The maximum Gasteiger partial charge on any atom is 0.289 e. The number of rotatable bonds is 4. The number of hydroxylamine groups is 2. The zero-order chi connectivity index (χ0) is 14.7. The third-order valence-corrected chi connectivity index (χ3v) is 4.35. The standard InChI is InChI=1S/C15H18N2O2S/c1-5-11-6-8-12(9-7-11)14-16-10(2)13(20-14)15(18)17(3)19-4/h6-9H,5H2,1-4H3. The SMILES string of the molecule is CCc1ccc(-c2nc(C)c(C(=O)N(C)OC)s2)cc1. The van der Waals surface area contributed by atoms with Gasteiger partial charge in [0.1, 0.15) is 9.88 Å². The van der Waals surface area contributed by atoms with Crippen LogP contribution in [0.2, 0.25) is 0 Å². The number of carbonyl (C=O) groups excluding carboxylic acids is 1. The molecule has 0 spiro atoms. The van der Waals surface area contributed by atoms with Crippen LogP contribution >= 0.6 is 11.3 Å². The number of aromatic nitrogens is 1. The summed E-state index contributed by atoms with van der Waals surface area (Å²) in [5.74, 6) is -0.168. The summed E-state index contributed by atoms with van der Waals surface area (Å²) in [4.78, 5) is 22.1. The number of benzene rings is 1. The predicted molar refractivity (Wildman–Crippen MR) is 80.8 cm³/mol. The first kappa shape index (κ1) is 14.7. The first-order valence-electron chi connectivity index (χ1n) is 6.45. The van der Waals surface area contributed by atoms with E-state index >= 15 is 0 Å². The van der Waals surface area contributed by atoms with E-state index in [2.05, 4.69) is 24.0 Å². The van der Waals surface area contributed by atoms with E-state index in [9.17, 15) is 4.79 Å². The number of nitrogens with zero attached hydrogens (tertiary/aromatic N) is 2. The lowest BCUT2D eigenvalue weighted by atomic mass is 10.1. The van der Waals surface area contributed by atoms with Crippen molar-refractivity contribution in [2.45, 2.75) is 20.3 Å². The lowest BCUT2D eigenvalue weighted by molar-refractivity contribution is -0.0754. The van der Waals surface area contributed by atoms with Gasteiger partial charge in [-0.15, -0.1) is 11.3 Å². The Hall–Kier alpha value is -1.72. The zero-order valence-corrected chi connectivity index (χ0v) is 13.0. The molecule has 1 aromatic heterocycles. The molecule has 2 rings (SSSR count). The van der Waals surface area contributed by atoms with Gasteiger partial charge in [-0.1, -0.05) is 31.2 Å². The fourth-order valence-electron chi connectivity index (χ4n) is 1.83. The topological polar surface area (TPSA) is 42.4 Å². The van der Waals surface area contributed by atoms with Crippen LogP contribution < -0.4 is 0 Å². The molecule has 0 unspecified atom stereocenters. The monoisotopic (exact) mass is 290 g/mol. The minimum absolute atomic E-state index is 0.168. The van der Waals surface area contributed by atoms with Crippen molar-refractivity contribution >= 4 is 17.2 Å². The molecule has 0 radical (unpaired) electrons. The van der Waals surface area contributed by atoms with Crippen LogP contribution in [0.15, 0.2) is 24.3 Å². The second kappa shape index (κ2) is 6.15. The van der Waals surface area contributed by atoms with Crippen LogP contribution in [0.25, 0.3) is 10.6 Å². The lowest BCUT2D eigenvalue weighted by Gasteiger charge is -2.11. The summed E-state index contributed by atoms with van der Waals surface area (Å²) in [6.45, 7) is 3.97. The van der Waals surface area contributed by atoms with Gasteiger partial charge in [-0.05, 0) is 18.9 Å². The first-order chi connectivity index (χ1) is 9.56. The van der Waals surface area contributed by atoms with E-state index in [0.717, 1.165) is 22.7 Å². The van der Waals surface area contributed by atoms with Gasteiger partial charge >= 0.3 is 0 Å². The van der Waals surface area contributed by atoms with E-state index in [1.165, 1.54) is 29.1 Å². The minimum atomic E-state index is -0.168. The number of carbonyl (C=O) groups is 1. The van der Waals surface area contributed by atoms with E-state index in [4.69, 9.17) is 4.84 Å². The summed E-state index contributed by atoms with van der Waals surface area (Å²) < 4.78 is 0. The Morgan fingerprint density at radius 1 is 1.35 bits per heavy atom. The van der Waals surface area contributed by atoms with Crippen LogP contribution in [0.1, 0.15) is 27.9 Å². The maximum absolute atomic E-state index is 12.1. The average molecular weight is 290 g/mol. The van der Waals surface area contributed by atoms with Crippen molar-refractivity contribution in [1.82, 2.24) is 10.0 Å². The number of hydrogen-bond acceptors (Lipinski definition) is 4. The van der Waals surface area contributed by atoms with Gasteiger partial charge in [-0.3, -0.25) is 9.63 Å². The number of hydrogen-bond donors (Lipinski definition) is 0. The molecule has 0 aliphatic heterocycles. The van der Waals surface area contributed by atoms with Crippen molar-refractivity contribution < 1.29 is 9.63 Å². The van der Waals surface area contributed by atoms with Crippen LogP contribution in [0.3, 0.4) is 0 Å².